The summed E-state index contributed by atoms with van der Waals surface area (Å²) >= 11 is 1.73. The Balaban J connectivity index is 1.32. The lowest BCUT2D eigenvalue weighted by atomic mass is 9.97. The third kappa shape index (κ3) is 6.56. The van der Waals surface area contributed by atoms with Crippen LogP contribution in [0.15, 0.2) is 34.6 Å². The molecular weight excluding hydrogens is 373 g/mol. The lowest BCUT2D eigenvalue weighted by molar-refractivity contribution is 0.176. The van der Waals surface area contributed by atoms with E-state index >= 15 is 0 Å². The van der Waals surface area contributed by atoms with Crippen LogP contribution in [0.1, 0.15) is 29.1 Å². The topological polar surface area (TPSA) is 52.6 Å². The Kier molecular flexibility index (Phi) is 7.80. The average Bonchev–Trinajstić information content (AvgIpc) is 3.12. The summed E-state index contributed by atoms with van der Waals surface area (Å²) < 4.78 is 13.0. The zero-order chi connectivity index (χ0) is 19.8. The molecule has 1 aromatic heterocycles. The van der Waals surface area contributed by atoms with Crippen LogP contribution in [0.3, 0.4) is 0 Å². The van der Waals surface area contributed by atoms with E-state index in [9.17, 15) is 4.39 Å². The van der Waals surface area contributed by atoms with Gasteiger partial charge in [0.2, 0.25) is 0 Å². The van der Waals surface area contributed by atoms with Crippen LogP contribution in [0.25, 0.3) is 0 Å². The van der Waals surface area contributed by atoms with Gasteiger partial charge in [-0.3, -0.25) is 9.89 Å². The summed E-state index contributed by atoms with van der Waals surface area (Å²) in [6, 6.07) is 6.66. The van der Waals surface area contributed by atoms with Crippen LogP contribution in [0, 0.1) is 18.7 Å². The summed E-state index contributed by atoms with van der Waals surface area (Å²) in [6.45, 7) is 7.00. The molecule has 1 aromatic carbocycles. The molecule has 0 spiro atoms. The van der Waals surface area contributed by atoms with Gasteiger partial charge in [-0.1, -0.05) is 12.1 Å². The van der Waals surface area contributed by atoms with Crippen molar-refractivity contribution < 1.29 is 4.39 Å². The van der Waals surface area contributed by atoms with Gasteiger partial charge in [0.05, 0.1) is 10.7 Å². The van der Waals surface area contributed by atoms with Crippen LogP contribution in [-0.4, -0.2) is 49.1 Å². The van der Waals surface area contributed by atoms with E-state index in [0.29, 0.717) is 5.92 Å². The lowest BCUT2D eigenvalue weighted by Gasteiger charge is -2.31. The Morgan fingerprint density at radius 3 is 2.64 bits per heavy atom. The number of nitrogens with one attached hydrogen (secondary N) is 2. The third-order valence-corrected chi connectivity index (χ3v) is 5.98. The van der Waals surface area contributed by atoms with E-state index < -0.39 is 0 Å². The van der Waals surface area contributed by atoms with Crippen LogP contribution in [0.2, 0.25) is 0 Å². The smallest absolute Gasteiger partial charge is 0.190 e. The first-order chi connectivity index (χ1) is 13.6. The zero-order valence-electron chi connectivity index (χ0n) is 16.7. The number of aryl methyl sites for hydroxylation is 1. The number of aliphatic imine (C=N–C) groups is 1. The summed E-state index contributed by atoms with van der Waals surface area (Å²) in [6.07, 6.45) is 3.24. The molecule has 3 rings (SSSR count). The largest absolute Gasteiger partial charge is 0.356 e. The Labute approximate surface area is 171 Å². The van der Waals surface area contributed by atoms with E-state index in [2.05, 4.69) is 37.8 Å². The van der Waals surface area contributed by atoms with Gasteiger partial charge in [-0.15, -0.1) is 11.3 Å². The number of hydrogen-bond acceptors (Lipinski definition) is 4. The first kappa shape index (κ1) is 20.7. The highest BCUT2D eigenvalue weighted by molar-refractivity contribution is 7.09. The summed E-state index contributed by atoms with van der Waals surface area (Å²) in [5.74, 6) is 1.31. The first-order valence-electron chi connectivity index (χ1n) is 9.94. The van der Waals surface area contributed by atoms with E-state index in [1.807, 2.05) is 12.1 Å². The van der Waals surface area contributed by atoms with Crippen molar-refractivity contribution in [2.75, 3.05) is 33.2 Å². The van der Waals surface area contributed by atoms with Crippen molar-refractivity contribution in [1.29, 1.82) is 0 Å². The maximum atomic E-state index is 13.0. The number of benzene rings is 1. The molecule has 1 saturated heterocycles. The van der Waals surface area contributed by atoms with Crippen molar-refractivity contribution >= 4 is 17.3 Å². The fourth-order valence-corrected chi connectivity index (χ4v) is 4.10. The number of thiazole rings is 1. The monoisotopic (exact) mass is 403 g/mol. The molecule has 1 aliphatic heterocycles. The molecule has 0 aliphatic carbocycles. The molecule has 7 heteroatoms. The quantitative estimate of drug-likeness (QED) is 0.551. The summed E-state index contributed by atoms with van der Waals surface area (Å²) in [7, 11) is 1.80. The van der Waals surface area contributed by atoms with Crippen LogP contribution >= 0.6 is 11.3 Å². The van der Waals surface area contributed by atoms with Crippen molar-refractivity contribution in [3.05, 3.63) is 51.7 Å². The van der Waals surface area contributed by atoms with Crippen molar-refractivity contribution in [3.8, 4) is 0 Å². The van der Waals surface area contributed by atoms with Crippen molar-refractivity contribution in [1.82, 2.24) is 20.5 Å². The highest BCUT2D eigenvalue weighted by Gasteiger charge is 2.20. The number of hydrogen-bond donors (Lipinski definition) is 2. The molecule has 152 valence electrons. The van der Waals surface area contributed by atoms with Gasteiger partial charge in [0.25, 0.3) is 0 Å². The summed E-state index contributed by atoms with van der Waals surface area (Å²) in [5, 5.41) is 10.1. The van der Waals surface area contributed by atoms with Crippen LogP contribution in [0.5, 0.6) is 0 Å². The van der Waals surface area contributed by atoms with Gasteiger partial charge >= 0.3 is 0 Å². The minimum atomic E-state index is -0.193. The van der Waals surface area contributed by atoms with Gasteiger partial charge in [0.15, 0.2) is 5.96 Å². The molecule has 0 atom stereocenters. The average molecular weight is 404 g/mol. The number of rotatable bonds is 7. The maximum absolute atomic E-state index is 13.0. The predicted molar refractivity (Wildman–Crippen MR) is 114 cm³/mol. The van der Waals surface area contributed by atoms with Gasteiger partial charge in [0, 0.05) is 32.1 Å². The lowest BCUT2D eigenvalue weighted by Crippen LogP contribution is -2.43. The highest BCUT2D eigenvalue weighted by atomic mass is 32.1. The maximum Gasteiger partial charge on any atom is 0.190 e. The predicted octanol–water partition coefficient (Wildman–Crippen LogP) is 3.21. The Hall–Kier alpha value is -1.99. The third-order valence-electron chi connectivity index (χ3n) is 5.16. The van der Waals surface area contributed by atoms with Crippen molar-refractivity contribution in [2.24, 2.45) is 10.9 Å². The van der Waals surface area contributed by atoms with Gasteiger partial charge in [-0.2, -0.15) is 0 Å². The summed E-state index contributed by atoms with van der Waals surface area (Å²) in [5.41, 5.74) is 2.32. The van der Waals surface area contributed by atoms with Crippen LogP contribution in [-0.2, 0) is 13.0 Å². The minimum absolute atomic E-state index is 0.193. The van der Waals surface area contributed by atoms with Gasteiger partial charge in [-0.25, -0.2) is 9.37 Å². The first-order valence-corrected chi connectivity index (χ1v) is 10.8. The second kappa shape index (κ2) is 10.5. The van der Waals surface area contributed by atoms with Crippen molar-refractivity contribution in [3.63, 3.8) is 0 Å². The molecule has 0 radical (unpaired) electrons. The number of likely N-dealkylation sites (tertiary alicyclic amines) is 1. The van der Waals surface area contributed by atoms with Gasteiger partial charge in [-0.05, 0) is 62.9 Å². The molecule has 2 aromatic rings. The number of aromatic nitrogens is 1. The second-order valence-electron chi connectivity index (χ2n) is 7.33. The molecule has 0 saturated carbocycles. The molecule has 0 amide bonds. The molecule has 28 heavy (non-hydrogen) atoms. The van der Waals surface area contributed by atoms with E-state index in [1.54, 1.807) is 18.4 Å². The van der Waals surface area contributed by atoms with Crippen LogP contribution in [0.4, 0.5) is 4.39 Å². The van der Waals surface area contributed by atoms with E-state index in [4.69, 9.17) is 0 Å². The molecule has 0 unspecified atom stereocenters. The molecule has 5 nitrogen and oxygen atoms in total. The Bertz CT molecular complexity index is 750. The number of guanidine groups is 1. The van der Waals surface area contributed by atoms with E-state index in [1.165, 1.54) is 30.7 Å². The number of nitrogens with zero attached hydrogens (tertiary/aromatic N) is 3. The summed E-state index contributed by atoms with van der Waals surface area (Å²) in [4.78, 5) is 11.4. The SMILES string of the molecule is CN=C(NCCc1ccc(F)cc1)NCC1CCN(Cc2csc(C)n2)CC1. The van der Waals surface area contributed by atoms with Gasteiger partial charge < -0.3 is 10.6 Å². The fraction of sp³-hybridized carbons (Fsp3) is 0.524. The van der Waals surface area contributed by atoms with Crippen LogP contribution < -0.4 is 10.6 Å². The fourth-order valence-electron chi connectivity index (χ4n) is 3.50. The zero-order valence-corrected chi connectivity index (χ0v) is 17.6. The molecule has 2 heterocycles. The molecule has 1 fully saturated rings. The Morgan fingerprint density at radius 2 is 2.00 bits per heavy atom. The van der Waals surface area contributed by atoms with Crippen molar-refractivity contribution in [2.45, 2.75) is 32.7 Å². The minimum Gasteiger partial charge on any atom is -0.356 e. The molecule has 0 bridgehead atoms. The van der Waals surface area contributed by atoms with E-state index in [0.717, 1.165) is 55.7 Å². The highest BCUT2D eigenvalue weighted by Crippen LogP contribution is 2.19. The Morgan fingerprint density at radius 1 is 1.25 bits per heavy atom. The molecular formula is C21H30FN5S. The van der Waals surface area contributed by atoms with E-state index in [-0.39, 0.29) is 5.82 Å². The van der Waals surface area contributed by atoms with Gasteiger partial charge in [0.1, 0.15) is 5.82 Å². The normalized spacial score (nSPS) is 16.3. The molecule has 2 N–H and O–H groups in total. The second-order valence-corrected chi connectivity index (χ2v) is 8.40. The number of halogens is 1. The molecule has 1 aliphatic rings. The standard InChI is InChI=1S/C21H30FN5S/c1-16-26-20(15-28-16)14-27-11-8-18(9-12-27)13-25-21(23-2)24-10-7-17-3-5-19(22)6-4-17/h3-6,15,18H,7-14H2,1-2H3,(H2,23,24,25). The number of piperidine rings is 1.